The number of carbonyl (C=O) groups is 1. The highest BCUT2D eigenvalue weighted by Crippen LogP contribution is 2.21. The minimum atomic E-state index is -3.53. The SMILES string of the molecule is CCCN(CCC)S(=O)(=O)c1ccc(NC(=O)C=Cc2cccc3ccccc23)cc1. The summed E-state index contributed by atoms with van der Waals surface area (Å²) < 4.78 is 27.2. The summed E-state index contributed by atoms with van der Waals surface area (Å²) in [7, 11) is -3.53. The summed E-state index contributed by atoms with van der Waals surface area (Å²) in [5.41, 5.74) is 1.51. The van der Waals surface area contributed by atoms with Crippen LogP contribution in [-0.2, 0) is 14.8 Å². The Balaban J connectivity index is 1.70. The van der Waals surface area contributed by atoms with Crippen LogP contribution < -0.4 is 5.32 Å². The van der Waals surface area contributed by atoms with Gasteiger partial charge in [-0.3, -0.25) is 4.79 Å². The first kappa shape index (κ1) is 22.7. The molecule has 162 valence electrons. The van der Waals surface area contributed by atoms with Crippen LogP contribution in [0, 0.1) is 0 Å². The normalized spacial score (nSPS) is 12.0. The van der Waals surface area contributed by atoms with Crippen LogP contribution in [0.15, 0.2) is 77.7 Å². The third-order valence-electron chi connectivity index (χ3n) is 4.94. The van der Waals surface area contributed by atoms with E-state index in [1.54, 1.807) is 18.2 Å². The van der Waals surface area contributed by atoms with Gasteiger partial charge in [0.1, 0.15) is 0 Å². The molecule has 1 amide bonds. The maximum atomic E-state index is 12.8. The molecule has 0 unspecified atom stereocenters. The van der Waals surface area contributed by atoms with Gasteiger partial charge in [0.25, 0.3) is 0 Å². The van der Waals surface area contributed by atoms with E-state index in [1.165, 1.54) is 22.5 Å². The zero-order valence-electron chi connectivity index (χ0n) is 17.9. The number of amides is 1. The maximum absolute atomic E-state index is 12.8. The molecule has 31 heavy (non-hydrogen) atoms. The second-order valence-electron chi connectivity index (χ2n) is 7.32. The van der Waals surface area contributed by atoms with Crippen LogP contribution in [0.4, 0.5) is 5.69 Å². The van der Waals surface area contributed by atoms with Gasteiger partial charge in [0, 0.05) is 24.9 Å². The minimum Gasteiger partial charge on any atom is -0.323 e. The first-order chi connectivity index (χ1) is 15.0. The van der Waals surface area contributed by atoms with Crippen LogP contribution >= 0.6 is 0 Å². The number of hydrogen-bond acceptors (Lipinski definition) is 3. The van der Waals surface area contributed by atoms with Crippen molar-refractivity contribution < 1.29 is 13.2 Å². The highest BCUT2D eigenvalue weighted by molar-refractivity contribution is 7.89. The molecule has 0 saturated carbocycles. The first-order valence-electron chi connectivity index (χ1n) is 10.5. The van der Waals surface area contributed by atoms with E-state index in [-0.39, 0.29) is 10.8 Å². The van der Waals surface area contributed by atoms with Crippen LogP contribution in [-0.4, -0.2) is 31.7 Å². The molecule has 0 atom stereocenters. The minimum absolute atomic E-state index is 0.235. The molecule has 3 rings (SSSR count). The molecule has 3 aromatic carbocycles. The van der Waals surface area contributed by atoms with E-state index in [1.807, 2.05) is 56.3 Å². The summed E-state index contributed by atoms with van der Waals surface area (Å²) in [5.74, 6) is -0.276. The molecule has 0 bridgehead atoms. The molecule has 3 aromatic rings. The fraction of sp³-hybridized carbons (Fsp3) is 0.240. The van der Waals surface area contributed by atoms with Crippen molar-refractivity contribution in [3.05, 3.63) is 78.4 Å². The molecular formula is C25H28N2O3S. The van der Waals surface area contributed by atoms with Crippen molar-refractivity contribution in [2.24, 2.45) is 0 Å². The van der Waals surface area contributed by atoms with E-state index in [9.17, 15) is 13.2 Å². The number of fused-ring (bicyclic) bond motifs is 1. The molecule has 1 N–H and O–H groups in total. The summed E-state index contributed by atoms with van der Waals surface area (Å²) in [6.45, 7) is 4.91. The van der Waals surface area contributed by atoms with E-state index < -0.39 is 10.0 Å². The zero-order chi connectivity index (χ0) is 22.3. The van der Waals surface area contributed by atoms with Crippen molar-refractivity contribution in [3.63, 3.8) is 0 Å². The summed E-state index contributed by atoms with van der Waals surface area (Å²) in [6.07, 6.45) is 4.79. The van der Waals surface area contributed by atoms with Crippen LogP contribution in [0.2, 0.25) is 0 Å². The molecule has 5 nitrogen and oxygen atoms in total. The Morgan fingerprint density at radius 1 is 0.903 bits per heavy atom. The summed E-state index contributed by atoms with van der Waals surface area (Å²) in [4.78, 5) is 12.6. The molecule has 0 spiro atoms. The molecule has 0 saturated heterocycles. The van der Waals surface area contributed by atoms with E-state index in [2.05, 4.69) is 5.32 Å². The molecule has 0 aromatic heterocycles. The Morgan fingerprint density at radius 2 is 1.55 bits per heavy atom. The summed E-state index contributed by atoms with van der Waals surface area (Å²) >= 11 is 0. The molecule has 0 heterocycles. The predicted molar refractivity (Wildman–Crippen MR) is 127 cm³/mol. The van der Waals surface area contributed by atoms with Gasteiger partial charge in [-0.1, -0.05) is 56.3 Å². The number of anilines is 1. The fourth-order valence-electron chi connectivity index (χ4n) is 3.46. The molecule has 0 fully saturated rings. The van der Waals surface area contributed by atoms with E-state index in [0.29, 0.717) is 18.8 Å². The zero-order valence-corrected chi connectivity index (χ0v) is 18.7. The highest BCUT2D eigenvalue weighted by Gasteiger charge is 2.22. The highest BCUT2D eigenvalue weighted by atomic mass is 32.2. The van der Waals surface area contributed by atoms with E-state index in [4.69, 9.17) is 0 Å². The third kappa shape index (κ3) is 5.60. The van der Waals surface area contributed by atoms with Gasteiger partial charge in [-0.05, 0) is 59.5 Å². The van der Waals surface area contributed by atoms with Gasteiger partial charge in [-0.15, -0.1) is 0 Å². The number of rotatable bonds is 9. The van der Waals surface area contributed by atoms with Crippen molar-refractivity contribution in [2.45, 2.75) is 31.6 Å². The standard InChI is InChI=1S/C25H28N2O3S/c1-3-18-27(19-4-2)31(29,30)23-15-13-22(14-16-23)26-25(28)17-12-21-10-7-9-20-8-5-6-11-24(20)21/h5-17H,3-4,18-19H2,1-2H3,(H,26,28). The van der Waals surface area contributed by atoms with Crippen molar-refractivity contribution in [1.82, 2.24) is 4.31 Å². The number of nitrogens with zero attached hydrogens (tertiary/aromatic N) is 1. The Kier molecular flexibility index (Phi) is 7.60. The van der Waals surface area contributed by atoms with Gasteiger partial charge in [0.2, 0.25) is 15.9 Å². The smallest absolute Gasteiger partial charge is 0.248 e. The molecule has 6 heteroatoms. The number of hydrogen-bond donors (Lipinski definition) is 1. The Morgan fingerprint density at radius 3 is 2.23 bits per heavy atom. The lowest BCUT2D eigenvalue weighted by Gasteiger charge is -2.21. The monoisotopic (exact) mass is 436 g/mol. The van der Waals surface area contributed by atoms with Gasteiger partial charge in [0.15, 0.2) is 0 Å². The second kappa shape index (κ2) is 10.4. The summed E-state index contributed by atoms with van der Waals surface area (Å²) in [6, 6.07) is 20.3. The van der Waals surface area contributed by atoms with Crippen LogP contribution in [0.25, 0.3) is 16.8 Å². The van der Waals surface area contributed by atoms with Crippen LogP contribution in [0.3, 0.4) is 0 Å². The number of carbonyl (C=O) groups excluding carboxylic acids is 1. The van der Waals surface area contributed by atoms with Gasteiger partial charge in [0.05, 0.1) is 4.90 Å². The van der Waals surface area contributed by atoms with Gasteiger partial charge >= 0.3 is 0 Å². The molecule has 0 aliphatic heterocycles. The predicted octanol–water partition coefficient (Wildman–Crippen LogP) is 5.30. The van der Waals surface area contributed by atoms with Gasteiger partial charge < -0.3 is 5.32 Å². The van der Waals surface area contributed by atoms with Crippen molar-refractivity contribution >= 4 is 38.5 Å². The van der Waals surface area contributed by atoms with Gasteiger partial charge in [-0.25, -0.2) is 8.42 Å². The Labute approximate surface area is 184 Å². The molecule has 0 aliphatic rings. The van der Waals surface area contributed by atoms with Gasteiger partial charge in [-0.2, -0.15) is 4.31 Å². The van der Waals surface area contributed by atoms with Crippen LogP contribution in [0.1, 0.15) is 32.3 Å². The number of sulfonamides is 1. The molecule has 0 aliphatic carbocycles. The third-order valence-corrected chi connectivity index (χ3v) is 6.86. The lowest BCUT2D eigenvalue weighted by molar-refractivity contribution is -0.111. The topological polar surface area (TPSA) is 66.5 Å². The van der Waals surface area contributed by atoms with E-state index in [0.717, 1.165) is 29.2 Å². The van der Waals surface area contributed by atoms with E-state index >= 15 is 0 Å². The average Bonchev–Trinajstić information content (AvgIpc) is 2.78. The Bertz CT molecular complexity index is 1160. The molecule has 0 radical (unpaired) electrons. The van der Waals surface area contributed by atoms with Crippen LogP contribution in [0.5, 0.6) is 0 Å². The summed E-state index contributed by atoms with van der Waals surface area (Å²) in [5, 5.41) is 4.97. The van der Waals surface area contributed by atoms with Crippen molar-refractivity contribution in [2.75, 3.05) is 18.4 Å². The first-order valence-corrected chi connectivity index (χ1v) is 12.0. The number of benzene rings is 3. The largest absolute Gasteiger partial charge is 0.323 e. The molecular weight excluding hydrogens is 408 g/mol. The average molecular weight is 437 g/mol. The lowest BCUT2D eigenvalue weighted by atomic mass is 10.0. The Hall–Kier alpha value is -2.96. The lowest BCUT2D eigenvalue weighted by Crippen LogP contribution is -2.32. The maximum Gasteiger partial charge on any atom is 0.248 e. The quantitative estimate of drug-likeness (QED) is 0.463. The number of nitrogens with one attached hydrogen (secondary N) is 1. The second-order valence-corrected chi connectivity index (χ2v) is 9.26. The van der Waals surface area contributed by atoms with Crippen molar-refractivity contribution in [1.29, 1.82) is 0 Å². The van der Waals surface area contributed by atoms with Crippen molar-refractivity contribution in [3.8, 4) is 0 Å². The fourth-order valence-corrected chi connectivity index (χ4v) is 5.08.